The van der Waals surface area contributed by atoms with Crippen molar-refractivity contribution in [3.63, 3.8) is 0 Å². The molecule has 106 valence electrons. The Morgan fingerprint density at radius 2 is 2.37 bits per heavy atom. The molecule has 5 nitrogen and oxygen atoms in total. The average Bonchev–Trinajstić information content (AvgIpc) is 2.92. The predicted molar refractivity (Wildman–Crippen MR) is 77.1 cm³/mol. The highest BCUT2D eigenvalue weighted by molar-refractivity contribution is 8.14. The van der Waals surface area contributed by atoms with Crippen molar-refractivity contribution in [2.75, 3.05) is 25.4 Å². The number of carbonyl (C=O) groups excluding carboxylic acids is 2. The summed E-state index contributed by atoms with van der Waals surface area (Å²) < 4.78 is 0. The SMILES string of the molecule is CCCC(=O)N1CCC[C@H](C(=O)NC2=NCCS2)C1. The van der Waals surface area contributed by atoms with Gasteiger partial charge < -0.3 is 10.2 Å². The number of hydrogen-bond donors (Lipinski definition) is 1. The van der Waals surface area contributed by atoms with Crippen LogP contribution >= 0.6 is 11.8 Å². The lowest BCUT2D eigenvalue weighted by molar-refractivity contribution is -0.135. The van der Waals surface area contributed by atoms with Crippen LogP contribution in [0, 0.1) is 5.92 Å². The number of rotatable bonds is 3. The molecule has 2 heterocycles. The second kappa shape index (κ2) is 6.93. The highest BCUT2D eigenvalue weighted by Gasteiger charge is 2.28. The number of amides is 2. The molecule has 0 aromatic rings. The van der Waals surface area contributed by atoms with E-state index in [1.165, 1.54) is 0 Å². The number of likely N-dealkylation sites (tertiary alicyclic amines) is 1. The highest BCUT2D eigenvalue weighted by atomic mass is 32.2. The molecule has 1 fully saturated rings. The van der Waals surface area contributed by atoms with E-state index in [9.17, 15) is 9.59 Å². The number of hydrogen-bond acceptors (Lipinski definition) is 4. The van der Waals surface area contributed by atoms with Gasteiger partial charge in [0.15, 0.2) is 5.17 Å². The molecule has 0 aliphatic carbocycles. The molecule has 1 atom stereocenters. The van der Waals surface area contributed by atoms with Gasteiger partial charge in [-0.3, -0.25) is 14.6 Å². The number of nitrogens with one attached hydrogen (secondary N) is 1. The zero-order chi connectivity index (χ0) is 13.7. The Morgan fingerprint density at radius 1 is 1.53 bits per heavy atom. The number of carbonyl (C=O) groups is 2. The van der Waals surface area contributed by atoms with Crippen molar-refractivity contribution in [3.05, 3.63) is 0 Å². The van der Waals surface area contributed by atoms with Crippen LogP contribution in [0.1, 0.15) is 32.6 Å². The molecule has 0 saturated carbocycles. The van der Waals surface area contributed by atoms with Crippen LogP contribution in [0.3, 0.4) is 0 Å². The van der Waals surface area contributed by atoms with Gasteiger partial charge in [0.05, 0.1) is 12.5 Å². The van der Waals surface area contributed by atoms with Gasteiger partial charge in [0.2, 0.25) is 11.8 Å². The van der Waals surface area contributed by atoms with Crippen LogP contribution in [-0.4, -0.2) is 47.3 Å². The van der Waals surface area contributed by atoms with E-state index in [-0.39, 0.29) is 17.7 Å². The third-order valence-corrected chi connectivity index (χ3v) is 4.32. The quantitative estimate of drug-likeness (QED) is 0.848. The molecule has 0 bridgehead atoms. The normalized spacial score (nSPS) is 23.1. The highest BCUT2D eigenvalue weighted by Crippen LogP contribution is 2.19. The van der Waals surface area contributed by atoms with E-state index in [0.717, 1.165) is 43.3 Å². The standard InChI is InChI=1S/C13H21N3O2S/c1-2-4-11(17)16-7-3-5-10(9-16)12(18)15-13-14-6-8-19-13/h10H,2-9H2,1H3,(H,14,15,18)/t10-/m0/s1. The number of nitrogens with zero attached hydrogens (tertiary/aromatic N) is 2. The minimum atomic E-state index is -0.0848. The van der Waals surface area contributed by atoms with Crippen molar-refractivity contribution < 1.29 is 9.59 Å². The molecule has 0 unspecified atom stereocenters. The van der Waals surface area contributed by atoms with Crippen LogP contribution in [0.5, 0.6) is 0 Å². The Kier molecular flexibility index (Phi) is 5.24. The Morgan fingerprint density at radius 3 is 3.05 bits per heavy atom. The van der Waals surface area contributed by atoms with Gasteiger partial charge >= 0.3 is 0 Å². The average molecular weight is 283 g/mol. The topological polar surface area (TPSA) is 61.8 Å². The summed E-state index contributed by atoms with van der Waals surface area (Å²) in [6, 6.07) is 0. The second-order valence-electron chi connectivity index (χ2n) is 4.95. The third-order valence-electron chi connectivity index (χ3n) is 3.42. The lowest BCUT2D eigenvalue weighted by Gasteiger charge is -2.32. The van der Waals surface area contributed by atoms with Gasteiger partial charge in [0, 0.05) is 25.3 Å². The lowest BCUT2D eigenvalue weighted by Crippen LogP contribution is -2.46. The van der Waals surface area contributed by atoms with Crippen molar-refractivity contribution in [2.24, 2.45) is 10.9 Å². The van der Waals surface area contributed by atoms with E-state index in [4.69, 9.17) is 0 Å². The van der Waals surface area contributed by atoms with Crippen LogP contribution in [0.15, 0.2) is 4.99 Å². The summed E-state index contributed by atoms with van der Waals surface area (Å²) in [5.41, 5.74) is 0. The molecule has 1 saturated heterocycles. The van der Waals surface area contributed by atoms with Crippen LogP contribution in [0.25, 0.3) is 0 Å². The van der Waals surface area contributed by atoms with Gasteiger partial charge in [-0.1, -0.05) is 18.7 Å². The monoisotopic (exact) mass is 283 g/mol. The number of aliphatic imine (C=N–C) groups is 1. The van der Waals surface area contributed by atoms with Crippen LogP contribution < -0.4 is 5.32 Å². The first-order valence-corrected chi connectivity index (χ1v) is 7.95. The van der Waals surface area contributed by atoms with E-state index >= 15 is 0 Å². The summed E-state index contributed by atoms with van der Waals surface area (Å²) in [6.07, 6.45) is 3.21. The fourth-order valence-corrected chi connectivity index (χ4v) is 3.14. The second-order valence-corrected chi connectivity index (χ2v) is 6.04. The summed E-state index contributed by atoms with van der Waals surface area (Å²) in [7, 11) is 0. The molecule has 0 aromatic heterocycles. The molecule has 6 heteroatoms. The Balaban J connectivity index is 1.85. The van der Waals surface area contributed by atoms with E-state index in [1.54, 1.807) is 11.8 Å². The van der Waals surface area contributed by atoms with Crippen LogP contribution in [0.4, 0.5) is 0 Å². The zero-order valence-electron chi connectivity index (χ0n) is 11.4. The fraction of sp³-hybridized carbons (Fsp3) is 0.769. The van der Waals surface area contributed by atoms with E-state index in [2.05, 4.69) is 10.3 Å². The van der Waals surface area contributed by atoms with Crippen molar-refractivity contribution >= 4 is 28.7 Å². The smallest absolute Gasteiger partial charge is 0.230 e. The van der Waals surface area contributed by atoms with Gasteiger partial charge in [-0.25, -0.2) is 0 Å². The van der Waals surface area contributed by atoms with Crippen molar-refractivity contribution in [1.29, 1.82) is 0 Å². The first-order chi connectivity index (χ1) is 9.20. The van der Waals surface area contributed by atoms with Gasteiger partial charge in [-0.15, -0.1) is 0 Å². The minimum absolute atomic E-state index is 0.0159. The van der Waals surface area contributed by atoms with Crippen LogP contribution in [-0.2, 0) is 9.59 Å². The van der Waals surface area contributed by atoms with Gasteiger partial charge in [-0.05, 0) is 19.3 Å². The van der Waals surface area contributed by atoms with Crippen molar-refractivity contribution in [1.82, 2.24) is 10.2 Å². The summed E-state index contributed by atoms with van der Waals surface area (Å²) in [6.45, 7) is 4.13. The van der Waals surface area contributed by atoms with Gasteiger partial charge in [0.1, 0.15) is 0 Å². The van der Waals surface area contributed by atoms with E-state index in [0.29, 0.717) is 13.0 Å². The summed E-state index contributed by atoms with van der Waals surface area (Å²) in [5, 5.41) is 3.61. The molecule has 0 radical (unpaired) electrons. The first kappa shape index (κ1) is 14.4. The minimum Gasteiger partial charge on any atom is -0.342 e. The molecule has 1 N–H and O–H groups in total. The van der Waals surface area contributed by atoms with Gasteiger partial charge in [0.25, 0.3) is 0 Å². The first-order valence-electron chi connectivity index (χ1n) is 6.96. The maximum atomic E-state index is 12.1. The molecule has 2 rings (SSSR count). The Hall–Kier alpha value is -1.04. The number of thioether (sulfide) groups is 1. The maximum Gasteiger partial charge on any atom is 0.230 e. The Labute approximate surface area is 118 Å². The number of amidine groups is 1. The third kappa shape index (κ3) is 3.96. The molecule has 2 aliphatic heterocycles. The van der Waals surface area contributed by atoms with E-state index in [1.807, 2.05) is 11.8 Å². The van der Waals surface area contributed by atoms with Crippen molar-refractivity contribution in [2.45, 2.75) is 32.6 Å². The van der Waals surface area contributed by atoms with Crippen LogP contribution in [0.2, 0.25) is 0 Å². The molecule has 2 aliphatic rings. The largest absolute Gasteiger partial charge is 0.342 e. The summed E-state index contributed by atoms with van der Waals surface area (Å²) in [4.78, 5) is 30.1. The molecule has 0 spiro atoms. The lowest BCUT2D eigenvalue weighted by atomic mass is 9.97. The molecule has 0 aromatic carbocycles. The molecular weight excluding hydrogens is 262 g/mol. The fourth-order valence-electron chi connectivity index (χ4n) is 2.41. The van der Waals surface area contributed by atoms with Crippen molar-refractivity contribution in [3.8, 4) is 0 Å². The molecule has 2 amide bonds. The molecular formula is C13H21N3O2S. The predicted octanol–water partition coefficient (Wildman–Crippen LogP) is 1.24. The summed E-state index contributed by atoms with van der Waals surface area (Å²) >= 11 is 1.59. The van der Waals surface area contributed by atoms with E-state index < -0.39 is 0 Å². The van der Waals surface area contributed by atoms with Gasteiger partial charge in [-0.2, -0.15) is 0 Å². The summed E-state index contributed by atoms with van der Waals surface area (Å²) in [5.74, 6) is 1.05. The Bertz CT molecular complexity index is 384. The number of piperidine rings is 1. The maximum absolute atomic E-state index is 12.1. The molecule has 19 heavy (non-hydrogen) atoms. The zero-order valence-corrected chi connectivity index (χ0v) is 12.2.